The number of nitrogens with zero attached hydrogens (tertiary/aromatic N) is 3. The van der Waals surface area contributed by atoms with Crippen LogP contribution in [0.15, 0.2) is 12.1 Å². The number of nitrogens with two attached hydrogens (primary N) is 1. The predicted octanol–water partition coefficient (Wildman–Crippen LogP) is 1.04. The number of pyridine rings is 1. The van der Waals surface area contributed by atoms with Crippen molar-refractivity contribution in [3.63, 3.8) is 0 Å². The molecule has 2 aromatic heterocycles. The van der Waals surface area contributed by atoms with Gasteiger partial charge in [-0.2, -0.15) is 18.2 Å². The maximum Gasteiger partial charge on any atom is 0.422 e. The van der Waals surface area contributed by atoms with Crippen LogP contribution < -0.4 is 10.5 Å². The highest BCUT2D eigenvalue weighted by Gasteiger charge is 2.29. The minimum atomic E-state index is -4.50. The molecule has 0 saturated carbocycles. The molecule has 0 atom stereocenters. The third-order valence-electron chi connectivity index (χ3n) is 2.25. The summed E-state index contributed by atoms with van der Waals surface area (Å²) in [7, 11) is 1.16. The van der Waals surface area contributed by atoms with E-state index in [1.165, 1.54) is 12.1 Å². The Morgan fingerprint density at radius 1 is 1.45 bits per heavy atom. The van der Waals surface area contributed by atoms with Crippen LogP contribution in [0.1, 0.15) is 10.5 Å². The lowest BCUT2D eigenvalue weighted by molar-refractivity contribution is -0.153. The van der Waals surface area contributed by atoms with Crippen molar-refractivity contribution in [3.8, 4) is 5.75 Å². The number of halogens is 3. The van der Waals surface area contributed by atoms with Crippen molar-refractivity contribution in [1.82, 2.24) is 14.6 Å². The van der Waals surface area contributed by atoms with Crippen molar-refractivity contribution in [3.05, 3.63) is 17.8 Å². The van der Waals surface area contributed by atoms with Gasteiger partial charge in [0.2, 0.25) is 11.6 Å². The Balaban J connectivity index is 2.46. The summed E-state index contributed by atoms with van der Waals surface area (Å²) in [5, 5.41) is 3.71. The Morgan fingerprint density at radius 2 is 2.15 bits per heavy atom. The van der Waals surface area contributed by atoms with E-state index in [0.29, 0.717) is 0 Å². The smallest absolute Gasteiger partial charge is 0.422 e. The molecule has 10 heteroatoms. The molecule has 108 valence electrons. The average molecular weight is 290 g/mol. The van der Waals surface area contributed by atoms with Crippen LogP contribution in [0.3, 0.4) is 0 Å². The zero-order valence-corrected chi connectivity index (χ0v) is 10.1. The molecule has 0 aliphatic rings. The third kappa shape index (κ3) is 2.73. The predicted molar refractivity (Wildman–Crippen MR) is 60.3 cm³/mol. The molecule has 0 radical (unpaired) electrons. The summed E-state index contributed by atoms with van der Waals surface area (Å²) in [5.74, 6) is -1.14. The third-order valence-corrected chi connectivity index (χ3v) is 2.25. The number of aromatic nitrogens is 3. The maximum atomic E-state index is 12.1. The second-order valence-corrected chi connectivity index (χ2v) is 3.68. The topological polar surface area (TPSA) is 91.7 Å². The summed E-state index contributed by atoms with van der Waals surface area (Å²) >= 11 is 0. The molecule has 0 spiro atoms. The van der Waals surface area contributed by atoms with Gasteiger partial charge in [-0.3, -0.25) is 0 Å². The first kappa shape index (κ1) is 13.9. The number of fused-ring (bicyclic) bond motifs is 1. The highest BCUT2D eigenvalue weighted by atomic mass is 19.4. The molecule has 2 aromatic rings. The number of carbonyl (C=O) groups is 1. The molecule has 0 unspecified atom stereocenters. The second kappa shape index (κ2) is 4.87. The van der Waals surface area contributed by atoms with E-state index >= 15 is 0 Å². The van der Waals surface area contributed by atoms with Gasteiger partial charge in [0.05, 0.1) is 7.11 Å². The zero-order chi connectivity index (χ0) is 14.9. The lowest BCUT2D eigenvalue weighted by Gasteiger charge is -2.10. The van der Waals surface area contributed by atoms with Gasteiger partial charge in [-0.25, -0.2) is 9.31 Å². The molecular formula is C10H9F3N4O3. The van der Waals surface area contributed by atoms with Crippen LogP contribution in [0.2, 0.25) is 0 Å². The van der Waals surface area contributed by atoms with Crippen LogP contribution in [0, 0.1) is 0 Å². The fraction of sp³-hybridized carbons (Fsp3) is 0.300. The molecular weight excluding hydrogens is 281 g/mol. The molecule has 0 aliphatic carbocycles. The molecule has 0 fully saturated rings. The first-order chi connectivity index (χ1) is 9.31. The number of esters is 1. The number of anilines is 1. The van der Waals surface area contributed by atoms with E-state index in [1.54, 1.807) is 0 Å². The molecule has 0 aliphatic heterocycles. The monoisotopic (exact) mass is 290 g/mol. The highest BCUT2D eigenvalue weighted by molar-refractivity contribution is 5.88. The standard InChI is InChI=1S/C10H9F3N4O3/c1-19-8(18)5-2-3-6(20-4-10(11,12)13)7-15-9(14)16-17(5)7/h2-3H,4H2,1H3,(H2,14,16). The van der Waals surface area contributed by atoms with Gasteiger partial charge in [0.25, 0.3) is 0 Å². The van der Waals surface area contributed by atoms with Crippen molar-refractivity contribution in [2.24, 2.45) is 0 Å². The first-order valence-electron chi connectivity index (χ1n) is 5.25. The van der Waals surface area contributed by atoms with Gasteiger partial charge in [0.15, 0.2) is 18.1 Å². The van der Waals surface area contributed by atoms with Crippen LogP contribution in [0.5, 0.6) is 5.75 Å². The van der Waals surface area contributed by atoms with E-state index < -0.39 is 18.8 Å². The Kier molecular flexibility index (Phi) is 3.38. The molecule has 2 N–H and O–H groups in total. The van der Waals surface area contributed by atoms with Crippen LogP contribution in [-0.2, 0) is 4.74 Å². The molecule has 20 heavy (non-hydrogen) atoms. The van der Waals surface area contributed by atoms with Crippen LogP contribution in [0.25, 0.3) is 5.65 Å². The summed E-state index contributed by atoms with van der Waals surface area (Å²) in [6, 6.07) is 2.38. The summed E-state index contributed by atoms with van der Waals surface area (Å²) in [6.07, 6.45) is -4.50. The van der Waals surface area contributed by atoms with Gasteiger partial charge in [-0.15, -0.1) is 5.10 Å². The van der Waals surface area contributed by atoms with Crippen LogP contribution in [-0.4, -0.2) is 40.5 Å². The van der Waals surface area contributed by atoms with Crippen molar-refractivity contribution >= 4 is 17.6 Å². The summed E-state index contributed by atoms with van der Waals surface area (Å²) in [5.41, 5.74) is 5.24. The quantitative estimate of drug-likeness (QED) is 0.849. The van der Waals surface area contributed by atoms with Gasteiger partial charge < -0.3 is 15.2 Å². The van der Waals surface area contributed by atoms with E-state index in [9.17, 15) is 18.0 Å². The number of alkyl halides is 3. The molecule has 2 heterocycles. The van der Waals surface area contributed by atoms with E-state index in [2.05, 4.69) is 19.6 Å². The highest BCUT2D eigenvalue weighted by Crippen LogP contribution is 2.24. The largest absolute Gasteiger partial charge is 0.480 e. The van der Waals surface area contributed by atoms with Gasteiger partial charge >= 0.3 is 12.1 Å². The number of ether oxygens (including phenoxy) is 2. The Morgan fingerprint density at radius 3 is 2.75 bits per heavy atom. The van der Waals surface area contributed by atoms with Gasteiger partial charge in [0, 0.05) is 0 Å². The fourth-order valence-electron chi connectivity index (χ4n) is 1.49. The van der Waals surface area contributed by atoms with Crippen molar-refractivity contribution in [2.45, 2.75) is 6.18 Å². The summed E-state index contributed by atoms with van der Waals surface area (Å²) in [6.45, 7) is -1.49. The summed E-state index contributed by atoms with van der Waals surface area (Å²) < 4.78 is 46.5. The van der Waals surface area contributed by atoms with Gasteiger partial charge in [0.1, 0.15) is 0 Å². The normalized spacial score (nSPS) is 11.6. The molecule has 0 aromatic carbocycles. The minimum Gasteiger partial charge on any atom is -0.480 e. The zero-order valence-electron chi connectivity index (χ0n) is 10.1. The number of hydrogen-bond donors (Lipinski definition) is 1. The fourth-order valence-corrected chi connectivity index (χ4v) is 1.49. The van der Waals surface area contributed by atoms with Gasteiger partial charge in [-0.05, 0) is 12.1 Å². The number of hydrogen-bond acceptors (Lipinski definition) is 6. The molecule has 0 saturated heterocycles. The average Bonchev–Trinajstić information content (AvgIpc) is 2.75. The SMILES string of the molecule is COC(=O)c1ccc(OCC(F)(F)F)c2nc(N)nn12. The first-order valence-corrected chi connectivity index (χ1v) is 5.25. The van der Waals surface area contributed by atoms with E-state index in [-0.39, 0.29) is 23.0 Å². The van der Waals surface area contributed by atoms with E-state index in [4.69, 9.17) is 5.73 Å². The number of rotatable bonds is 3. The Hall–Kier alpha value is -2.52. The second-order valence-electron chi connectivity index (χ2n) is 3.68. The Labute approximate surface area is 110 Å². The minimum absolute atomic E-state index is 0.0361. The summed E-state index contributed by atoms with van der Waals surface area (Å²) in [4.78, 5) is 15.2. The van der Waals surface area contributed by atoms with Crippen molar-refractivity contribution < 1.29 is 27.4 Å². The molecule has 7 nitrogen and oxygen atoms in total. The van der Waals surface area contributed by atoms with Crippen LogP contribution >= 0.6 is 0 Å². The van der Waals surface area contributed by atoms with Crippen molar-refractivity contribution in [1.29, 1.82) is 0 Å². The van der Waals surface area contributed by atoms with E-state index in [0.717, 1.165) is 11.6 Å². The number of carbonyl (C=O) groups excluding carboxylic acids is 1. The number of nitrogen functional groups attached to an aromatic ring is 1. The van der Waals surface area contributed by atoms with Crippen molar-refractivity contribution in [2.75, 3.05) is 19.5 Å². The lowest BCUT2D eigenvalue weighted by Crippen LogP contribution is -2.20. The Bertz CT molecular complexity index is 653. The van der Waals surface area contributed by atoms with Gasteiger partial charge in [-0.1, -0.05) is 0 Å². The van der Waals surface area contributed by atoms with Crippen LogP contribution in [0.4, 0.5) is 19.1 Å². The maximum absolute atomic E-state index is 12.1. The molecule has 0 amide bonds. The van der Waals surface area contributed by atoms with E-state index in [1.807, 2.05) is 0 Å². The number of methoxy groups -OCH3 is 1. The molecule has 0 bridgehead atoms. The molecule has 2 rings (SSSR count). The lowest BCUT2D eigenvalue weighted by atomic mass is 10.3.